The fourth-order valence-corrected chi connectivity index (χ4v) is 2.35. The van der Waals surface area contributed by atoms with Gasteiger partial charge in [-0.05, 0) is 6.42 Å². The van der Waals surface area contributed by atoms with Gasteiger partial charge in [-0.2, -0.15) is 5.26 Å². The predicted molar refractivity (Wildman–Crippen MR) is 79.4 cm³/mol. The summed E-state index contributed by atoms with van der Waals surface area (Å²) >= 11 is 1.34. The van der Waals surface area contributed by atoms with Crippen molar-refractivity contribution in [1.29, 1.82) is 5.26 Å². The van der Waals surface area contributed by atoms with E-state index in [9.17, 15) is 9.59 Å². The van der Waals surface area contributed by atoms with Gasteiger partial charge in [-0.1, -0.05) is 13.3 Å². The highest BCUT2D eigenvalue weighted by atomic mass is 32.2. The number of unbranched alkanes of at least 4 members (excludes halogenated alkanes) is 1. The van der Waals surface area contributed by atoms with E-state index >= 15 is 0 Å². The van der Waals surface area contributed by atoms with Crippen LogP contribution in [-0.2, 0) is 9.59 Å². The zero-order valence-corrected chi connectivity index (χ0v) is 12.9. The number of thiocyanates is 1. The highest BCUT2D eigenvalue weighted by Crippen LogP contribution is 2.28. The van der Waals surface area contributed by atoms with E-state index < -0.39 is 11.9 Å². The molecule has 0 aromatic rings. The minimum absolute atomic E-state index is 0.558. The third-order valence-corrected chi connectivity index (χ3v) is 3.40. The van der Waals surface area contributed by atoms with Gasteiger partial charge in [-0.25, -0.2) is 13.5 Å². The number of hydrogen-bond donors (Lipinski definition) is 2. The van der Waals surface area contributed by atoms with Gasteiger partial charge in [-0.3, -0.25) is 0 Å². The molecule has 1 unspecified atom stereocenters. The minimum Gasteiger partial charge on any atom is -0.478 e. The smallest absolute Gasteiger partial charge is 0.328 e. The standard InChI is InChI=1S/C9H16N3S.C4H4O4/c1-3-4-6-12(13-8-10)7-5-11(2)9-12;5-3(6)1-2-4(7)8/h5,7H,3-4,6,9H2,1-2H3;1-2H,(H,5,6)(H,7,8)/q+1;/b;2-1-. The average molecular weight is 314 g/mol. The van der Waals surface area contributed by atoms with Crippen LogP contribution >= 0.6 is 11.9 Å². The molecule has 1 heterocycles. The molecule has 0 fully saturated rings. The first-order valence-corrected chi connectivity index (χ1v) is 7.10. The van der Waals surface area contributed by atoms with Crippen LogP contribution in [0.3, 0.4) is 0 Å². The molecule has 1 rings (SSSR count). The van der Waals surface area contributed by atoms with Gasteiger partial charge in [0.1, 0.15) is 6.20 Å². The van der Waals surface area contributed by atoms with Gasteiger partial charge in [0, 0.05) is 19.2 Å². The highest BCUT2D eigenvalue weighted by molar-refractivity contribution is 7.98. The second-order valence-electron chi connectivity index (χ2n) is 4.42. The summed E-state index contributed by atoms with van der Waals surface area (Å²) in [5.74, 6) is -2.51. The molecular formula is C13H20N3O4S+. The third kappa shape index (κ3) is 8.73. The van der Waals surface area contributed by atoms with E-state index in [1.807, 2.05) is 7.05 Å². The molecule has 116 valence electrons. The largest absolute Gasteiger partial charge is 0.478 e. The van der Waals surface area contributed by atoms with Crippen LogP contribution in [0.2, 0.25) is 0 Å². The third-order valence-electron chi connectivity index (χ3n) is 2.54. The molecule has 0 aromatic heterocycles. The monoisotopic (exact) mass is 314 g/mol. The summed E-state index contributed by atoms with van der Waals surface area (Å²) in [6, 6.07) is 0. The molecule has 0 aliphatic carbocycles. The van der Waals surface area contributed by atoms with E-state index in [-0.39, 0.29) is 0 Å². The Morgan fingerprint density at radius 3 is 2.33 bits per heavy atom. The van der Waals surface area contributed by atoms with Crippen LogP contribution < -0.4 is 0 Å². The van der Waals surface area contributed by atoms with Crippen LogP contribution in [0, 0.1) is 10.7 Å². The summed E-state index contributed by atoms with van der Waals surface area (Å²) < 4.78 is 0.737. The summed E-state index contributed by atoms with van der Waals surface area (Å²) in [4.78, 5) is 21.2. The van der Waals surface area contributed by atoms with Gasteiger partial charge in [0.05, 0.1) is 12.7 Å². The Balaban J connectivity index is 0.000000433. The van der Waals surface area contributed by atoms with Crippen molar-refractivity contribution in [1.82, 2.24) is 4.90 Å². The van der Waals surface area contributed by atoms with Crippen LogP contribution in [0.1, 0.15) is 19.8 Å². The zero-order valence-electron chi connectivity index (χ0n) is 12.1. The molecule has 8 heteroatoms. The first kappa shape index (κ1) is 19.0. The molecule has 21 heavy (non-hydrogen) atoms. The lowest BCUT2D eigenvalue weighted by atomic mass is 10.3. The Morgan fingerprint density at radius 1 is 1.43 bits per heavy atom. The molecule has 1 atom stereocenters. The molecule has 1 aliphatic rings. The molecule has 0 bridgehead atoms. The van der Waals surface area contributed by atoms with Gasteiger partial charge in [0.25, 0.3) is 0 Å². The lowest BCUT2D eigenvalue weighted by molar-refractivity contribution is -0.742. The average Bonchev–Trinajstić information content (AvgIpc) is 2.77. The number of rotatable bonds is 6. The van der Waals surface area contributed by atoms with Crippen molar-refractivity contribution in [2.24, 2.45) is 0 Å². The maximum Gasteiger partial charge on any atom is 0.328 e. The summed E-state index contributed by atoms with van der Waals surface area (Å²) in [6.07, 6.45) is 7.64. The fraction of sp³-hybridized carbons (Fsp3) is 0.462. The molecule has 2 N–H and O–H groups in total. The van der Waals surface area contributed by atoms with E-state index in [0.717, 1.165) is 17.1 Å². The van der Waals surface area contributed by atoms with E-state index in [0.29, 0.717) is 12.2 Å². The molecule has 0 aromatic carbocycles. The Labute approximate surface area is 128 Å². The maximum absolute atomic E-state index is 9.55. The predicted octanol–water partition coefficient (Wildman–Crippen LogP) is 1.82. The molecule has 0 saturated heterocycles. The van der Waals surface area contributed by atoms with E-state index in [1.54, 1.807) is 0 Å². The number of carboxylic acids is 2. The summed E-state index contributed by atoms with van der Waals surface area (Å²) in [5.41, 5.74) is 0. The zero-order chi connectivity index (χ0) is 16.3. The van der Waals surface area contributed by atoms with Gasteiger partial charge < -0.3 is 15.1 Å². The topological polar surface area (TPSA) is 102 Å². The van der Waals surface area contributed by atoms with Crippen molar-refractivity contribution in [3.05, 3.63) is 24.6 Å². The molecule has 0 amide bonds. The van der Waals surface area contributed by atoms with Crippen LogP contribution in [0.25, 0.3) is 0 Å². The van der Waals surface area contributed by atoms with Crippen LogP contribution in [0.5, 0.6) is 0 Å². The Kier molecular flexibility index (Phi) is 8.92. The fourth-order valence-electron chi connectivity index (χ4n) is 1.61. The Bertz CT molecular complexity index is 443. The van der Waals surface area contributed by atoms with Crippen LogP contribution in [-0.4, -0.2) is 51.2 Å². The molecule has 0 radical (unpaired) electrons. The lowest BCUT2D eigenvalue weighted by Gasteiger charge is -2.26. The highest BCUT2D eigenvalue weighted by Gasteiger charge is 2.32. The number of carbonyl (C=O) groups is 2. The molecule has 1 aliphatic heterocycles. The lowest BCUT2D eigenvalue weighted by Crippen LogP contribution is -2.37. The molecule has 0 saturated carbocycles. The quantitative estimate of drug-likeness (QED) is 0.334. The van der Waals surface area contributed by atoms with Crippen molar-refractivity contribution >= 4 is 23.9 Å². The number of quaternary nitrogens is 1. The van der Waals surface area contributed by atoms with E-state index in [1.165, 1.54) is 24.8 Å². The Morgan fingerprint density at radius 2 is 2.00 bits per heavy atom. The van der Waals surface area contributed by atoms with E-state index in [4.69, 9.17) is 15.5 Å². The van der Waals surface area contributed by atoms with Crippen molar-refractivity contribution in [2.75, 3.05) is 20.3 Å². The van der Waals surface area contributed by atoms with E-state index in [2.05, 4.69) is 29.6 Å². The normalized spacial score (nSPS) is 20.0. The minimum atomic E-state index is -1.26. The van der Waals surface area contributed by atoms with Crippen LogP contribution in [0.15, 0.2) is 24.6 Å². The molecule has 0 spiro atoms. The first-order chi connectivity index (χ1) is 9.85. The number of aliphatic carboxylic acids is 2. The van der Waals surface area contributed by atoms with Crippen LogP contribution in [0.4, 0.5) is 0 Å². The number of nitrogens with zero attached hydrogens (tertiary/aromatic N) is 3. The molecule has 7 nitrogen and oxygen atoms in total. The van der Waals surface area contributed by atoms with Crippen molar-refractivity contribution in [3.8, 4) is 5.40 Å². The van der Waals surface area contributed by atoms with Crippen molar-refractivity contribution in [2.45, 2.75) is 19.8 Å². The number of hydrogen-bond acceptors (Lipinski definition) is 5. The molecular weight excluding hydrogens is 294 g/mol. The van der Waals surface area contributed by atoms with Gasteiger partial charge in [-0.15, -0.1) is 0 Å². The Hall–Kier alpha value is -1.98. The summed E-state index contributed by atoms with van der Waals surface area (Å²) in [6.45, 7) is 4.14. The number of nitriles is 1. The number of carboxylic acid groups (broad SMARTS) is 2. The van der Waals surface area contributed by atoms with Gasteiger partial charge in [0.15, 0.2) is 12.1 Å². The second kappa shape index (κ2) is 9.85. The van der Waals surface area contributed by atoms with Gasteiger partial charge >= 0.3 is 11.9 Å². The van der Waals surface area contributed by atoms with Crippen molar-refractivity contribution < 1.29 is 23.7 Å². The van der Waals surface area contributed by atoms with Gasteiger partial charge in [0.2, 0.25) is 11.9 Å². The summed E-state index contributed by atoms with van der Waals surface area (Å²) in [5, 5.41) is 26.5. The maximum atomic E-state index is 9.55. The SMILES string of the molecule is CCCC[N+]1(SC#N)C=CN(C)C1.O=C(O)/C=C\C(=O)O. The second-order valence-corrected chi connectivity index (χ2v) is 5.51. The first-order valence-electron chi connectivity index (χ1n) is 6.33. The van der Waals surface area contributed by atoms with Crippen molar-refractivity contribution in [3.63, 3.8) is 0 Å². The summed E-state index contributed by atoms with van der Waals surface area (Å²) in [7, 11) is 2.04.